The van der Waals surface area contributed by atoms with E-state index < -0.39 is 0 Å². The number of nitrogens with one attached hydrogen (secondary N) is 1. The second kappa shape index (κ2) is 6.06. The summed E-state index contributed by atoms with van der Waals surface area (Å²) in [5.41, 5.74) is 5.99. The molecule has 88 valence electrons. The van der Waals surface area contributed by atoms with Gasteiger partial charge in [-0.25, -0.2) is 5.43 Å². The molecule has 0 spiro atoms. The summed E-state index contributed by atoms with van der Waals surface area (Å²) in [6, 6.07) is 8.71. The molecule has 1 unspecified atom stereocenters. The number of hydrogen-bond donors (Lipinski definition) is 1. The maximum atomic E-state index is 3.48. The summed E-state index contributed by atoms with van der Waals surface area (Å²) in [6.07, 6.45) is 2.12. The molecule has 1 heterocycles. The summed E-state index contributed by atoms with van der Waals surface area (Å²) >= 11 is 3.48. The van der Waals surface area contributed by atoms with Crippen LogP contribution in [-0.4, -0.2) is 12.1 Å². The van der Waals surface area contributed by atoms with Gasteiger partial charge in [-0.1, -0.05) is 41.9 Å². The molecule has 0 fully saturated rings. The van der Waals surface area contributed by atoms with Crippen LogP contribution in [0.2, 0.25) is 0 Å². The molecule has 0 amide bonds. The Bertz CT molecular complexity index is 374. The summed E-state index contributed by atoms with van der Waals surface area (Å²) in [4.78, 5) is 0. The highest BCUT2D eigenvalue weighted by molar-refractivity contribution is 9.10. The van der Waals surface area contributed by atoms with Crippen LogP contribution >= 0.6 is 15.9 Å². The lowest BCUT2D eigenvalue weighted by molar-refractivity contribution is 0.331. The lowest BCUT2D eigenvalue weighted by Gasteiger charge is -2.16. The minimum Gasteiger partial charge on any atom is -0.318 e. The summed E-state index contributed by atoms with van der Waals surface area (Å²) < 4.78 is 1.12. The van der Waals surface area contributed by atoms with Crippen LogP contribution in [-0.2, 0) is 0 Å². The fraction of sp³-hybridized carbons (Fsp3) is 0.385. The van der Waals surface area contributed by atoms with E-state index in [1.165, 1.54) is 11.1 Å². The maximum Gasteiger partial charge on any atom is 0.0737 e. The van der Waals surface area contributed by atoms with Crippen LogP contribution in [0.3, 0.4) is 0 Å². The van der Waals surface area contributed by atoms with Crippen molar-refractivity contribution in [2.24, 2.45) is 0 Å². The Morgan fingerprint density at radius 2 is 2.00 bits per heavy atom. The minimum atomic E-state index is 0.317. The number of hydrogen-bond acceptors (Lipinski definition) is 2. The van der Waals surface area contributed by atoms with E-state index in [2.05, 4.69) is 52.7 Å². The van der Waals surface area contributed by atoms with Gasteiger partial charge < -0.3 is 5.01 Å². The van der Waals surface area contributed by atoms with E-state index in [-0.39, 0.29) is 0 Å². The van der Waals surface area contributed by atoms with E-state index in [9.17, 15) is 0 Å². The summed E-state index contributed by atoms with van der Waals surface area (Å²) in [5.74, 6) is 0. The van der Waals surface area contributed by atoms with E-state index in [1.807, 2.05) is 32.0 Å². The molecule has 1 aliphatic heterocycles. The SMILES string of the molecule is CC.CC1=CN(C)NC1c1cccc(Br)c1. The van der Waals surface area contributed by atoms with Crippen molar-refractivity contribution in [3.63, 3.8) is 0 Å². The Labute approximate surface area is 106 Å². The first-order valence-corrected chi connectivity index (χ1v) is 6.39. The highest BCUT2D eigenvalue weighted by atomic mass is 79.9. The molecule has 1 atom stereocenters. The molecule has 16 heavy (non-hydrogen) atoms. The van der Waals surface area contributed by atoms with Crippen molar-refractivity contribution in [2.45, 2.75) is 26.8 Å². The van der Waals surface area contributed by atoms with E-state index in [0.717, 1.165) is 4.47 Å². The van der Waals surface area contributed by atoms with Crippen LogP contribution in [0.15, 0.2) is 40.5 Å². The molecule has 0 aliphatic carbocycles. The Balaban J connectivity index is 0.000000606. The van der Waals surface area contributed by atoms with Crippen LogP contribution in [0.5, 0.6) is 0 Å². The second-order valence-corrected chi connectivity index (χ2v) is 4.52. The first-order valence-electron chi connectivity index (χ1n) is 5.59. The molecule has 0 bridgehead atoms. The monoisotopic (exact) mass is 282 g/mol. The summed E-state index contributed by atoms with van der Waals surface area (Å²) in [7, 11) is 2.02. The van der Waals surface area contributed by atoms with Crippen molar-refractivity contribution < 1.29 is 0 Å². The van der Waals surface area contributed by atoms with Gasteiger partial charge in [0.1, 0.15) is 0 Å². The smallest absolute Gasteiger partial charge is 0.0737 e. The van der Waals surface area contributed by atoms with Gasteiger partial charge in [0.15, 0.2) is 0 Å². The molecule has 1 aromatic rings. The second-order valence-electron chi connectivity index (χ2n) is 3.60. The summed E-state index contributed by atoms with van der Waals surface area (Å²) in [5, 5.41) is 2.00. The first-order chi connectivity index (χ1) is 7.66. The average Bonchev–Trinajstić information content (AvgIpc) is 2.61. The number of benzene rings is 1. The standard InChI is InChI=1S/C11H13BrN2.C2H6/c1-8-7-14(2)13-11(8)9-4-3-5-10(12)6-9;1-2/h3-7,11,13H,1-2H3;1-2H3. The number of rotatable bonds is 1. The first kappa shape index (κ1) is 13.3. The van der Waals surface area contributed by atoms with E-state index >= 15 is 0 Å². The number of halogens is 1. The predicted molar refractivity (Wildman–Crippen MR) is 72.9 cm³/mol. The van der Waals surface area contributed by atoms with Crippen molar-refractivity contribution >= 4 is 15.9 Å². The molecule has 0 radical (unpaired) electrons. The summed E-state index contributed by atoms with van der Waals surface area (Å²) in [6.45, 7) is 6.14. The largest absolute Gasteiger partial charge is 0.318 e. The fourth-order valence-electron chi connectivity index (χ4n) is 1.75. The zero-order valence-electron chi connectivity index (χ0n) is 10.3. The van der Waals surface area contributed by atoms with Crippen LogP contribution in [0.1, 0.15) is 32.4 Å². The van der Waals surface area contributed by atoms with Gasteiger partial charge in [-0.2, -0.15) is 0 Å². The quantitative estimate of drug-likeness (QED) is 0.841. The van der Waals surface area contributed by atoms with Crippen molar-refractivity contribution in [1.82, 2.24) is 10.4 Å². The third kappa shape index (κ3) is 3.09. The molecule has 2 rings (SSSR count). The molecule has 1 N–H and O–H groups in total. The van der Waals surface area contributed by atoms with Gasteiger partial charge >= 0.3 is 0 Å². The molecule has 0 saturated heterocycles. The van der Waals surface area contributed by atoms with Crippen molar-refractivity contribution in [3.8, 4) is 0 Å². The molecule has 2 nitrogen and oxygen atoms in total. The van der Waals surface area contributed by atoms with Gasteiger partial charge in [-0.05, 0) is 30.2 Å². The number of hydrazine groups is 1. The topological polar surface area (TPSA) is 15.3 Å². The third-order valence-electron chi connectivity index (χ3n) is 2.37. The molecule has 1 aliphatic rings. The molecule has 3 heteroatoms. The Kier molecular flexibility index (Phi) is 5.03. The average molecular weight is 283 g/mol. The Hall–Kier alpha value is -0.800. The van der Waals surface area contributed by atoms with E-state index in [4.69, 9.17) is 0 Å². The van der Waals surface area contributed by atoms with E-state index in [1.54, 1.807) is 0 Å². The van der Waals surface area contributed by atoms with Gasteiger partial charge in [0.2, 0.25) is 0 Å². The van der Waals surface area contributed by atoms with Crippen molar-refractivity contribution in [1.29, 1.82) is 0 Å². The lowest BCUT2D eigenvalue weighted by Crippen LogP contribution is -2.27. The molecular formula is C13H19BrN2. The fourth-order valence-corrected chi connectivity index (χ4v) is 2.16. The molecule has 0 aromatic heterocycles. The molecule has 0 saturated carbocycles. The van der Waals surface area contributed by atoms with Crippen molar-refractivity contribution in [3.05, 3.63) is 46.1 Å². The Morgan fingerprint density at radius 1 is 1.31 bits per heavy atom. The van der Waals surface area contributed by atoms with Crippen LogP contribution in [0, 0.1) is 0 Å². The highest BCUT2D eigenvalue weighted by Gasteiger charge is 2.19. The molecule has 1 aromatic carbocycles. The van der Waals surface area contributed by atoms with Crippen LogP contribution < -0.4 is 5.43 Å². The van der Waals surface area contributed by atoms with E-state index in [0.29, 0.717) is 6.04 Å². The lowest BCUT2D eigenvalue weighted by atomic mass is 10.0. The van der Waals surface area contributed by atoms with Crippen molar-refractivity contribution in [2.75, 3.05) is 7.05 Å². The zero-order chi connectivity index (χ0) is 12.1. The van der Waals surface area contributed by atoms with Gasteiger partial charge in [0.25, 0.3) is 0 Å². The van der Waals surface area contributed by atoms with Gasteiger partial charge in [-0.15, -0.1) is 0 Å². The number of nitrogens with zero attached hydrogens (tertiary/aromatic N) is 1. The zero-order valence-corrected chi connectivity index (χ0v) is 11.9. The minimum absolute atomic E-state index is 0.317. The highest BCUT2D eigenvalue weighted by Crippen LogP contribution is 2.27. The van der Waals surface area contributed by atoms with Crippen LogP contribution in [0.4, 0.5) is 0 Å². The molecular weight excluding hydrogens is 264 g/mol. The van der Waals surface area contributed by atoms with Crippen LogP contribution in [0.25, 0.3) is 0 Å². The maximum absolute atomic E-state index is 3.48. The van der Waals surface area contributed by atoms with Gasteiger partial charge in [-0.3, -0.25) is 0 Å². The predicted octanol–water partition coefficient (Wildman–Crippen LogP) is 3.87. The normalized spacial score (nSPS) is 18.9. The van der Waals surface area contributed by atoms with Gasteiger partial charge in [0.05, 0.1) is 6.04 Å². The van der Waals surface area contributed by atoms with Gasteiger partial charge in [0, 0.05) is 17.7 Å². The Morgan fingerprint density at radius 3 is 2.50 bits per heavy atom. The third-order valence-corrected chi connectivity index (χ3v) is 2.86.